The summed E-state index contributed by atoms with van der Waals surface area (Å²) in [6.07, 6.45) is 3.00. The molecule has 3 N–H and O–H groups in total. The van der Waals surface area contributed by atoms with Crippen molar-refractivity contribution in [1.29, 1.82) is 0 Å². The van der Waals surface area contributed by atoms with E-state index in [2.05, 4.69) is 15.3 Å². The molecule has 3 rings (SSSR count). The Labute approximate surface area is 140 Å². The fourth-order valence-corrected chi connectivity index (χ4v) is 2.68. The molecule has 0 bridgehead atoms. The van der Waals surface area contributed by atoms with Gasteiger partial charge in [-0.1, -0.05) is 23.2 Å². The summed E-state index contributed by atoms with van der Waals surface area (Å²) in [6.45, 7) is 0. The summed E-state index contributed by atoms with van der Waals surface area (Å²) in [5, 5.41) is 3.71. The molecule has 0 radical (unpaired) electrons. The number of aromatic amines is 2. The highest BCUT2D eigenvalue weighted by atomic mass is 35.5. The first kappa shape index (κ1) is 15.4. The van der Waals surface area contributed by atoms with E-state index in [1.165, 1.54) is 6.08 Å². The van der Waals surface area contributed by atoms with Gasteiger partial charge in [-0.25, -0.2) is 4.79 Å². The third-order valence-corrected chi connectivity index (χ3v) is 3.53. The zero-order valence-corrected chi connectivity index (χ0v) is 13.2. The molecule has 1 aromatic heterocycles. The van der Waals surface area contributed by atoms with E-state index in [0.29, 0.717) is 26.8 Å². The first-order chi connectivity index (χ1) is 11.0. The Morgan fingerprint density at radius 1 is 1.00 bits per heavy atom. The predicted molar refractivity (Wildman–Crippen MR) is 93.0 cm³/mol. The third kappa shape index (κ3) is 3.83. The SMILES string of the molecule is O=C(/C=C/c1cc(Cl)cc(Cl)c1)Nc1ccc2[nH]c(=O)[nH]c2c1. The molecule has 1 heterocycles. The average Bonchev–Trinajstić information content (AvgIpc) is 2.83. The molecule has 0 saturated heterocycles. The molecule has 0 saturated carbocycles. The molecule has 0 aliphatic rings. The lowest BCUT2D eigenvalue weighted by Crippen LogP contribution is -2.07. The number of nitrogens with one attached hydrogen (secondary N) is 3. The number of hydrogen-bond acceptors (Lipinski definition) is 2. The summed E-state index contributed by atoms with van der Waals surface area (Å²) < 4.78 is 0. The van der Waals surface area contributed by atoms with Gasteiger partial charge in [0.2, 0.25) is 5.91 Å². The van der Waals surface area contributed by atoms with Crippen molar-refractivity contribution in [2.45, 2.75) is 0 Å². The summed E-state index contributed by atoms with van der Waals surface area (Å²) in [6, 6.07) is 10.1. The maximum Gasteiger partial charge on any atom is 0.323 e. The van der Waals surface area contributed by atoms with E-state index < -0.39 is 0 Å². The van der Waals surface area contributed by atoms with E-state index in [-0.39, 0.29) is 11.6 Å². The number of hydrogen-bond donors (Lipinski definition) is 3. The Morgan fingerprint density at radius 2 is 1.70 bits per heavy atom. The number of H-pyrrole nitrogens is 2. The molecule has 7 heteroatoms. The average molecular weight is 348 g/mol. The Bertz CT molecular complexity index is 953. The highest BCUT2D eigenvalue weighted by Crippen LogP contribution is 2.20. The van der Waals surface area contributed by atoms with Crippen molar-refractivity contribution in [3.8, 4) is 0 Å². The van der Waals surface area contributed by atoms with Gasteiger partial charge in [0.1, 0.15) is 0 Å². The van der Waals surface area contributed by atoms with Gasteiger partial charge in [0.05, 0.1) is 11.0 Å². The van der Waals surface area contributed by atoms with Crippen LogP contribution in [0.3, 0.4) is 0 Å². The summed E-state index contributed by atoms with van der Waals surface area (Å²) in [4.78, 5) is 28.4. The van der Waals surface area contributed by atoms with Crippen molar-refractivity contribution in [3.05, 3.63) is 68.6 Å². The van der Waals surface area contributed by atoms with Crippen molar-refractivity contribution >= 4 is 51.9 Å². The molecule has 1 amide bonds. The number of carbonyl (C=O) groups is 1. The Balaban J connectivity index is 1.74. The monoisotopic (exact) mass is 347 g/mol. The lowest BCUT2D eigenvalue weighted by molar-refractivity contribution is -0.111. The van der Waals surface area contributed by atoms with Crippen molar-refractivity contribution in [2.24, 2.45) is 0 Å². The summed E-state index contributed by atoms with van der Waals surface area (Å²) in [7, 11) is 0. The van der Waals surface area contributed by atoms with Crippen LogP contribution in [0, 0.1) is 0 Å². The van der Waals surface area contributed by atoms with E-state index in [4.69, 9.17) is 23.2 Å². The highest BCUT2D eigenvalue weighted by Gasteiger charge is 2.02. The van der Waals surface area contributed by atoms with Crippen molar-refractivity contribution in [3.63, 3.8) is 0 Å². The van der Waals surface area contributed by atoms with Crippen LogP contribution >= 0.6 is 23.2 Å². The summed E-state index contributed by atoms with van der Waals surface area (Å²) >= 11 is 11.8. The molecular formula is C16H11Cl2N3O2. The fourth-order valence-electron chi connectivity index (χ4n) is 2.14. The van der Waals surface area contributed by atoms with Gasteiger partial charge in [-0.05, 0) is 48.0 Å². The number of amides is 1. The van der Waals surface area contributed by atoms with Crippen LogP contribution in [0.4, 0.5) is 5.69 Å². The highest BCUT2D eigenvalue weighted by molar-refractivity contribution is 6.34. The molecule has 0 atom stereocenters. The van der Waals surface area contributed by atoms with Crippen LogP contribution in [0.25, 0.3) is 17.1 Å². The Morgan fingerprint density at radius 3 is 2.43 bits per heavy atom. The number of rotatable bonds is 3. The molecule has 2 aromatic carbocycles. The van der Waals surface area contributed by atoms with Gasteiger partial charge in [0.15, 0.2) is 0 Å². The molecule has 0 unspecified atom stereocenters. The van der Waals surface area contributed by atoms with Gasteiger partial charge >= 0.3 is 5.69 Å². The van der Waals surface area contributed by atoms with Crippen LogP contribution in [0.15, 0.2) is 47.3 Å². The van der Waals surface area contributed by atoms with Gasteiger partial charge in [-0.3, -0.25) is 4.79 Å². The molecule has 0 fully saturated rings. The van der Waals surface area contributed by atoms with Crippen molar-refractivity contribution in [1.82, 2.24) is 9.97 Å². The van der Waals surface area contributed by atoms with E-state index in [0.717, 1.165) is 5.56 Å². The standard InChI is InChI=1S/C16H11Cl2N3O2/c17-10-5-9(6-11(18)7-10)1-4-15(22)19-12-2-3-13-14(8-12)21-16(23)20-13/h1-8H,(H,19,22)(H2,20,21,23)/b4-1+. The van der Waals surface area contributed by atoms with E-state index in [9.17, 15) is 9.59 Å². The first-order valence-corrected chi connectivity index (χ1v) is 7.42. The number of fused-ring (bicyclic) bond motifs is 1. The number of halogens is 2. The molecular weight excluding hydrogens is 337 g/mol. The molecule has 116 valence electrons. The number of anilines is 1. The maximum absolute atomic E-state index is 12.0. The topological polar surface area (TPSA) is 77.8 Å². The minimum atomic E-state index is -0.307. The lowest BCUT2D eigenvalue weighted by atomic mass is 10.2. The third-order valence-electron chi connectivity index (χ3n) is 3.10. The molecule has 0 aliphatic heterocycles. The van der Waals surface area contributed by atoms with Crippen molar-refractivity contribution in [2.75, 3.05) is 5.32 Å². The van der Waals surface area contributed by atoms with Gasteiger partial charge in [0.25, 0.3) is 0 Å². The number of aromatic nitrogens is 2. The molecule has 23 heavy (non-hydrogen) atoms. The summed E-state index contributed by atoms with van der Waals surface area (Å²) in [5.41, 5.74) is 2.31. The summed E-state index contributed by atoms with van der Waals surface area (Å²) in [5.74, 6) is -0.307. The van der Waals surface area contributed by atoms with Gasteiger partial charge in [-0.2, -0.15) is 0 Å². The predicted octanol–water partition coefficient (Wildman–Crippen LogP) is 3.81. The smallest absolute Gasteiger partial charge is 0.322 e. The van der Waals surface area contributed by atoms with E-state index >= 15 is 0 Å². The van der Waals surface area contributed by atoms with Crippen LogP contribution in [0.5, 0.6) is 0 Å². The minimum Gasteiger partial charge on any atom is -0.322 e. The largest absolute Gasteiger partial charge is 0.323 e. The van der Waals surface area contributed by atoms with Gasteiger partial charge in [0, 0.05) is 21.8 Å². The van der Waals surface area contributed by atoms with E-state index in [1.54, 1.807) is 42.5 Å². The molecule has 5 nitrogen and oxygen atoms in total. The quantitative estimate of drug-likeness (QED) is 0.630. The fraction of sp³-hybridized carbons (Fsp3) is 0. The van der Waals surface area contributed by atoms with Gasteiger partial charge < -0.3 is 15.3 Å². The van der Waals surface area contributed by atoms with E-state index in [1.807, 2.05) is 0 Å². The van der Waals surface area contributed by atoms with Crippen LogP contribution in [-0.2, 0) is 4.79 Å². The first-order valence-electron chi connectivity index (χ1n) is 6.67. The lowest BCUT2D eigenvalue weighted by Gasteiger charge is -2.02. The zero-order valence-electron chi connectivity index (χ0n) is 11.7. The number of imidazole rings is 1. The molecule has 3 aromatic rings. The maximum atomic E-state index is 12.0. The van der Waals surface area contributed by atoms with Crippen LogP contribution < -0.4 is 11.0 Å². The zero-order chi connectivity index (χ0) is 16.4. The number of benzene rings is 2. The second kappa shape index (κ2) is 6.32. The van der Waals surface area contributed by atoms with Crippen LogP contribution in [0.2, 0.25) is 10.0 Å². The molecule has 0 spiro atoms. The van der Waals surface area contributed by atoms with Crippen LogP contribution in [0.1, 0.15) is 5.56 Å². The second-order valence-electron chi connectivity index (χ2n) is 4.86. The second-order valence-corrected chi connectivity index (χ2v) is 5.74. The van der Waals surface area contributed by atoms with Crippen molar-refractivity contribution < 1.29 is 4.79 Å². The minimum absolute atomic E-state index is 0.291. The number of carbonyl (C=O) groups excluding carboxylic acids is 1. The normalized spacial score (nSPS) is 11.2. The Hall–Kier alpha value is -2.50. The van der Waals surface area contributed by atoms with Gasteiger partial charge in [-0.15, -0.1) is 0 Å². The van der Waals surface area contributed by atoms with Crippen LogP contribution in [-0.4, -0.2) is 15.9 Å². The Kier molecular flexibility index (Phi) is 4.23. The molecule has 0 aliphatic carbocycles.